The van der Waals surface area contributed by atoms with Crippen molar-refractivity contribution in [1.29, 1.82) is 0 Å². The number of benzene rings is 2. The lowest BCUT2D eigenvalue weighted by Crippen LogP contribution is -2.39. The van der Waals surface area contributed by atoms with Gasteiger partial charge in [0.25, 0.3) is 11.5 Å². The number of rotatable bonds is 6. The average Bonchev–Trinajstić information content (AvgIpc) is 3.22. The minimum atomic E-state index is -0.416. The van der Waals surface area contributed by atoms with Crippen LogP contribution in [-0.4, -0.2) is 27.5 Å². The molecule has 2 heterocycles. The van der Waals surface area contributed by atoms with Crippen LogP contribution in [-0.2, 0) is 4.79 Å². The Labute approximate surface area is 182 Å². The molecule has 0 aliphatic heterocycles. The number of fused-ring (bicyclic) bond motifs is 1. The summed E-state index contributed by atoms with van der Waals surface area (Å²) in [6.45, 7) is 1.73. The molecule has 0 aliphatic carbocycles. The van der Waals surface area contributed by atoms with Gasteiger partial charge in [-0.15, -0.1) is 11.3 Å². The maximum Gasteiger partial charge on any atom is 0.281 e. The molecule has 0 bridgehead atoms. The first kappa shape index (κ1) is 20.5. The monoisotopic (exact) mass is 432 g/mol. The van der Waals surface area contributed by atoms with Crippen LogP contribution in [0.5, 0.6) is 0 Å². The van der Waals surface area contributed by atoms with Gasteiger partial charge in [0.1, 0.15) is 11.2 Å². The quantitative estimate of drug-likeness (QED) is 0.488. The van der Waals surface area contributed by atoms with E-state index < -0.39 is 11.9 Å². The van der Waals surface area contributed by atoms with Gasteiger partial charge < -0.3 is 5.32 Å². The lowest BCUT2D eigenvalue weighted by molar-refractivity contribution is -0.117. The Morgan fingerprint density at radius 1 is 1.06 bits per heavy atom. The minimum Gasteiger partial charge on any atom is -0.349 e. The number of aromatic nitrogens is 2. The highest BCUT2D eigenvalue weighted by atomic mass is 32.1. The Kier molecular flexibility index (Phi) is 5.90. The summed E-state index contributed by atoms with van der Waals surface area (Å²) in [4.78, 5) is 42.6. The largest absolute Gasteiger partial charge is 0.349 e. The molecule has 0 spiro atoms. The molecular formula is C23H20N4O3S. The number of hydrogen-bond acceptors (Lipinski definition) is 5. The number of amides is 2. The Morgan fingerprint density at radius 3 is 2.45 bits per heavy atom. The second kappa shape index (κ2) is 8.93. The first-order valence-electron chi connectivity index (χ1n) is 9.73. The van der Waals surface area contributed by atoms with Gasteiger partial charge in [-0.1, -0.05) is 48.5 Å². The van der Waals surface area contributed by atoms with Crippen molar-refractivity contribution in [3.63, 3.8) is 0 Å². The van der Waals surface area contributed by atoms with Crippen molar-refractivity contribution in [3.8, 4) is 11.1 Å². The Hall–Kier alpha value is -3.78. The molecule has 2 amide bonds. The lowest BCUT2D eigenvalue weighted by atomic mass is 10.1. The van der Waals surface area contributed by atoms with Crippen molar-refractivity contribution < 1.29 is 9.59 Å². The summed E-state index contributed by atoms with van der Waals surface area (Å²) in [6.07, 6.45) is 1.32. The summed E-state index contributed by atoms with van der Waals surface area (Å²) in [5.41, 5.74) is 4.44. The first-order chi connectivity index (χ1) is 15.0. The van der Waals surface area contributed by atoms with Crippen LogP contribution in [0.4, 0.5) is 0 Å². The molecule has 156 valence electrons. The van der Waals surface area contributed by atoms with Gasteiger partial charge in [0.15, 0.2) is 0 Å². The van der Waals surface area contributed by atoms with Gasteiger partial charge in [-0.2, -0.15) is 0 Å². The summed E-state index contributed by atoms with van der Waals surface area (Å²) in [7, 11) is 0. The molecule has 31 heavy (non-hydrogen) atoms. The van der Waals surface area contributed by atoms with E-state index in [1.54, 1.807) is 31.2 Å². The van der Waals surface area contributed by atoms with E-state index in [-0.39, 0.29) is 17.9 Å². The van der Waals surface area contributed by atoms with Crippen molar-refractivity contribution in [2.45, 2.75) is 19.4 Å². The van der Waals surface area contributed by atoms with Crippen LogP contribution in [0.25, 0.3) is 21.3 Å². The highest BCUT2D eigenvalue weighted by molar-refractivity contribution is 7.17. The third-order valence-corrected chi connectivity index (χ3v) is 5.62. The van der Waals surface area contributed by atoms with Crippen molar-refractivity contribution in [2.24, 2.45) is 0 Å². The van der Waals surface area contributed by atoms with Crippen LogP contribution in [0.1, 0.15) is 23.7 Å². The van der Waals surface area contributed by atoms with Gasteiger partial charge in [-0.25, -0.2) is 9.66 Å². The van der Waals surface area contributed by atoms with Crippen LogP contribution in [0.15, 0.2) is 77.2 Å². The van der Waals surface area contributed by atoms with Crippen LogP contribution >= 0.6 is 11.3 Å². The fourth-order valence-corrected chi connectivity index (χ4v) is 4.15. The number of thiophene rings is 1. The minimum absolute atomic E-state index is 0.0121. The van der Waals surface area contributed by atoms with Crippen molar-refractivity contribution in [3.05, 3.63) is 88.3 Å². The van der Waals surface area contributed by atoms with Gasteiger partial charge in [0.05, 0.1) is 5.39 Å². The second-order valence-electron chi connectivity index (χ2n) is 7.09. The molecule has 0 aliphatic rings. The smallest absolute Gasteiger partial charge is 0.281 e. The average molecular weight is 433 g/mol. The SMILES string of the molecule is CC(CC(=O)Nn1cnc2scc(-c3ccccc3)c2c1=O)NC(=O)c1ccccc1. The molecule has 2 N–H and O–H groups in total. The van der Waals surface area contributed by atoms with Gasteiger partial charge in [-0.05, 0) is 24.6 Å². The zero-order chi connectivity index (χ0) is 21.8. The topological polar surface area (TPSA) is 93.1 Å². The lowest BCUT2D eigenvalue weighted by Gasteiger charge is -2.14. The van der Waals surface area contributed by atoms with E-state index >= 15 is 0 Å². The summed E-state index contributed by atoms with van der Waals surface area (Å²) in [5.74, 6) is -0.660. The van der Waals surface area contributed by atoms with Crippen molar-refractivity contribution >= 4 is 33.4 Å². The number of nitrogens with zero attached hydrogens (tertiary/aromatic N) is 2. The molecule has 0 radical (unpaired) electrons. The van der Waals surface area contributed by atoms with Crippen molar-refractivity contribution in [1.82, 2.24) is 15.0 Å². The normalized spacial score (nSPS) is 11.8. The Balaban J connectivity index is 1.48. The highest BCUT2D eigenvalue weighted by Crippen LogP contribution is 2.30. The van der Waals surface area contributed by atoms with Crippen LogP contribution in [0.3, 0.4) is 0 Å². The summed E-state index contributed by atoms with van der Waals surface area (Å²) < 4.78 is 1.09. The molecule has 0 saturated heterocycles. The molecule has 2 aromatic carbocycles. The first-order valence-corrected chi connectivity index (χ1v) is 10.6. The number of carbonyl (C=O) groups is 2. The zero-order valence-corrected chi connectivity index (χ0v) is 17.6. The zero-order valence-electron chi connectivity index (χ0n) is 16.7. The van der Waals surface area contributed by atoms with Gasteiger partial charge in [0.2, 0.25) is 5.91 Å². The maximum atomic E-state index is 13.0. The number of carbonyl (C=O) groups excluding carboxylic acids is 2. The second-order valence-corrected chi connectivity index (χ2v) is 7.95. The molecular weight excluding hydrogens is 412 g/mol. The number of hydrogen-bond donors (Lipinski definition) is 2. The summed E-state index contributed by atoms with van der Waals surface area (Å²) in [5, 5.41) is 5.14. The van der Waals surface area contributed by atoms with Gasteiger partial charge in [-0.3, -0.25) is 19.8 Å². The van der Waals surface area contributed by atoms with E-state index in [1.165, 1.54) is 17.7 Å². The summed E-state index contributed by atoms with van der Waals surface area (Å²) >= 11 is 1.38. The third-order valence-electron chi connectivity index (χ3n) is 4.73. The van der Waals surface area contributed by atoms with Crippen LogP contribution in [0, 0.1) is 0 Å². The van der Waals surface area contributed by atoms with E-state index in [0.29, 0.717) is 15.8 Å². The van der Waals surface area contributed by atoms with E-state index in [4.69, 9.17) is 0 Å². The van der Waals surface area contributed by atoms with E-state index in [9.17, 15) is 14.4 Å². The van der Waals surface area contributed by atoms with Crippen molar-refractivity contribution in [2.75, 3.05) is 5.43 Å². The van der Waals surface area contributed by atoms with E-state index in [1.807, 2.05) is 41.8 Å². The Morgan fingerprint density at radius 2 is 1.74 bits per heavy atom. The molecule has 8 heteroatoms. The fourth-order valence-electron chi connectivity index (χ4n) is 3.25. The fraction of sp³-hybridized carbons (Fsp3) is 0.130. The molecule has 1 atom stereocenters. The predicted octanol–water partition coefficient (Wildman–Crippen LogP) is 3.40. The molecule has 0 fully saturated rings. The Bertz CT molecular complexity index is 1280. The van der Waals surface area contributed by atoms with Crippen LogP contribution < -0.4 is 16.3 Å². The molecule has 2 aromatic heterocycles. The maximum absolute atomic E-state index is 13.0. The van der Waals surface area contributed by atoms with E-state index in [0.717, 1.165) is 15.8 Å². The summed E-state index contributed by atoms with van der Waals surface area (Å²) in [6, 6.07) is 17.9. The predicted molar refractivity (Wildman–Crippen MR) is 122 cm³/mol. The molecule has 4 rings (SSSR count). The van der Waals surface area contributed by atoms with Gasteiger partial charge >= 0.3 is 0 Å². The third kappa shape index (κ3) is 4.54. The highest BCUT2D eigenvalue weighted by Gasteiger charge is 2.16. The van der Waals surface area contributed by atoms with E-state index in [2.05, 4.69) is 15.7 Å². The van der Waals surface area contributed by atoms with Crippen LogP contribution in [0.2, 0.25) is 0 Å². The molecule has 7 nitrogen and oxygen atoms in total. The molecule has 0 saturated carbocycles. The molecule has 4 aromatic rings. The number of nitrogens with one attached hydrogen (secondary N) is 2. The standard InChI is InChI=1S/C23H20N4O3S/c1-15(25-21(29)17-10-6-3-7-11-17)12-19(28)26-27-14-24-22-20(23(27)30)18(13-31-22)16-8-4-2-5-9-16/h2-11,13-15H,12H2,1H3,(H,25,29)(H,26,28). The van der Waals surface area contributed by atoms with Gasteiger partial charge in [0, 0.05) is 29.0 Å². The molecule has 1 unspecified atom stereocenters.